The molecule has 0 saturated carbocycles. The van der Waals surface area contributed by atoms with E-state index in [0.29, 0.717) is 40.5 Å². The number of rotatable bonds is 18. The first-order valence-electron chi connectivity index (χ1n) is 18.8. The van der Waals surface area contributed by atoms with Gasteiger partial charge in [0.1, 0.15) is 37.8 Å². The number of nitrogens with one attached hydrogen (secondary N) is 3. The third kappa shape index (κ3) is 11.5. The molecule has 17 nitrogen and oxygen atoms in total. The molecule has 1 fully saturated rings. The summed E-state index contributed by atoms with van der Waals surface area (Å²) in [6.45, 7) is 0.156. The minimum Gasteiger partial charge on any atom is -0.478 e. The number of fused-ring (bicyclic) bond motifs is 2. The molecule has 6 N–H and O–H groups in total. The zero-order valence-electron chi connectivity index (χ0n) is 33.5. The number of aliphatic hydroxyl groups is 1. The average Bonchev–Trinajstić information content (AvgIpc) is 3.60. The molecule has 3 aromatic rings. The molecule has 1 saturated heterocycles. The van der Waals surface area contributed by atoms with Crippen LogP contribution in [0.3, 0.4) is 0 Å². The van der Waals surface area contributed by atoms with Gasteiger partial charge in [-0.15, -0.1) is 0 Å². The highest BCUT2D eigenvalue weighted by Crippen LogP contribution is 2.52. The second-order valence-corrected chi connectivity index (χ2v) is 22.1. The Kier molecular flexibility index (Phi) is 16.2. The van der Waals surface area contributed by atoms with E-state index >= 15 is 0 Å². The standard InChI is InChI=1S/C39H45N6O11P3S2/c1-43(2)23-6-9-26-30(16-23)54-31-17-24(44(3)4)7-10-27(31)34(26)25-8-5-21(15-28(25)37(50)51)35(48)40-12-14-61-60-13-11-32(47)41-19-22-20-45(39(52)42-36(22)49)33-18-29(46)38(55-33)56-58-59-57-53/h5-10,15-17,20,29,33,38,46,53,57-59H,11-14,18-19H2,1-4H3,(H3-,40,41,42,47,48,49,50,51,52)/p+1. The molecule has 0 bridgehead atoms. The minimum atomic E-state index is -1.18. The Labute approximate surface area is 362 Å². The first kappa shape index (κ1) is 46.4. The summed E-state index contributed by atoms with van der Waals surface area (Å²) < 4.78 is 20.6. The van der Waals surface area contributed by atoms with Crippen molar-refractivity contribution in [1.29, 1.82) is 0 Å². The number of carbonyl (C=O) groups excluding carboxylic acids is 2. The molecule has 0 spiro atoms. The van der Waals surface area contributed by atoms with Crippen molar-refractivity contribution in [2.45, 2.75) is 38.0 Å². The van der Waals surface area contributed by atoms with Gasteiger partial charge in [-0.2, -0.15) is 0 Å². The Morgan fingerprint density at radius 3 is 2.54 bits per heavy atom. The zero-order chi connectivity index (χ0) is 43.8. The van der Waals surface area contributed by atoms with Crippen LogP contribution in [0.1, 0.15) is 45.3 Å². The van der Waals surface area contributed by atoms with Crippen molar-refractivity contribution < 1.29 is 43.2 Å². The molecule has 324 valence electrons. The fraction of sp³-hybridized carbons (Fsp3) is 0.333. The highest BCUT2D eigenvalue weighted by atomic mass is 33.1. The number of aromatic nitrogens is 2. The first-order valence-corrected chi connectivity index (χ1v) is 26.2. The normalized spacial score (nSPS) is 16.8. The van der Waals surface area contributed by atoms with Gasteiger partial charge in [-0.25, -0.2) is 14.2 Å². The van der Waals surface area contributed by atoms with E-state index in [0.717, 1.165) is 26.6 Å². The number of hydrogen-bond donors (Lipinski definition) is 6. The molecule has 1 aromatic heterocycles. The Bertz CT molecular complexity index is 2580. The highest BCUT2D eigenvalue weighted by molar-refractivity contribution is 8.76. The summed E-state index contributed by atoms with van der Waals surface area (Å²) in [5.41, 5.74) is 2.29. The second kappa shape index (κ2) is 21.3. The number of aromatic amines is 1. The van der Waals surface area contributed by atoms with Crippen LogP contribution in [0.15, 0.2) is 74.8 Å². The van der Waals surface area contributed by atoms with Crippen LogP contribution in [0.25, 0.3) is 33.4 Å². The minimum absolute atomic E-state index is 0.0258. The molecule has 3 aliphatic rings. The molecular weight excluding hydrogens is 886 g/mol. The fourth-order valence-electron chi connectivity index (χ4n) is 6.52. The number of H-pyrrole nitrogens is 1. The molecular formula is C39H46N6O11P3S2+. The molecule has 6 atom stereocenters. The van der Waals surface area contributed by atoms with Crippen LogP contribution in [-0.2, 0) is 20.6 Å². The molecule has 61 heavy (non-hydrogen) atoms. The molecule has 1 aliphatic carbocycles. The van der Waals surface area contributed by atoms with Crippen molar-refractivity contribution in [3.8, 4) is 22.5 Å². The van der Waals surface area contributed by atoms with Crippen molar-refractivity contribution in [2.24, 2.45) is 0 Å². The van der Waals surface area contributed by atoms with Crippen molar-refractivity contribution in [2.75, 3.05) is 51.1 Å². The number of aliphatic hydroxyl groups excluding tert-OH is 1. The van der Waals surface area contributed by atoms with E-state index in [1.807, 2.05) is 74.1 Å². The highest BCUT2D eigenvalue weighted by Gasteiger charge is 2.36. The van der Waals surface area contributed by atoms with Crippen LogP contribution in [0.2, 0.25) is 0 Å². The van der Waals surface area contributed by atoms with Crippen LogP contribution in [0.5, 0.6) is 0 Å². The molecule has 3 heterocycles. The number of benzene rings is 3. The zero-order valence-corrected chi connectivity index (χ0v) is 38.1. The van der Waals surface area contributed by atoms with E-state index in [2.05, 4.69) is 15.6 Å². The van der Waals surface area contributed by atoms with Gasteiger partial charge in [0.25, 0.3) is 11.5 Å². The lowest BCUT2D eigenvalue weighted by atomic mass is 9.89. The number of nitrogens with zero attached hydrogens (tertiary/aromatic N) is 3. The number of aromatic carboxylic acids is 1. The van der Waals surface area contributed by atoms with Gasteiger partial charge in [0.2, 0.25) is 11.3 Å². The molecule has 0 radical (unpaired) electrons. The summed E-state index contributed by atoms with van der Waals surface area (Å²) in [4.78, 5) is 76.6. The predicted octanol–water partition coefficient (Wildman–Crippen LogP) is 3.98. The van der Waals surface area contributed by atoms with Crippen molar-refractivity contribution >= 4 is 81.0 Å². The largest absolute Gasteiger partial charge is 0.478 e. The third-order valence-corrected chi connectivity index (χ3v) is 15.5. The van der Waals surface area contributed by atoms with Crippen LogP contribution in [0, 0.1) is 0 Å². The number of carbonyl (C=O) groups is 3. The lowest BCUT2D eigenvalue weighted by Crippen LogP contribution is -2.36. The van der Waals surface area contributed by atoms with Gasteiger partial charge in [0.15, 0.2) is 6.29 Å². The quantitative estimate of drug-likeness (QED) is 0.0240. The van der Waals surface area contributed by atoms with Gasteiger partial charge in [-0.05, 0) is 43.9 Å². The van der Waals surface area contributed by atoms with E-state index in [-0.39, 0.29) is 66.9 Å². The van der Waals surface area contributed by atoms with Crippen molar-refractivity contribution in [3.05, 3.63) is 104 Å². The summed E-state index contributed by atoms with van der Waals surface area (Å²) in [6.07, 6.45) is -1.38. The van der Waals surface area contributed by atoms with Crippen molar-refractivity contribution in [3.63, 3.8) is 0 Å². The SMILES string of the molecule is CN(C)c1ccc2c(-c3ccc(C(=O)NCCSSCCC(=O)NCc4cn(C5CC(O)C(OPPPO)O5)c(=O)[nH]c4=O)cc3C(=O)O)c3ccc(=[N+](C)C)cc-3oc2c1. The van der Waals surface area contributed by atoms with Gasteiger partial charge in [0, 0.05) is 115 Å². The van der Waals surface area contributed by atoms with Crippen molar-refractivity contribution in [1.82, 2.24) is 24.8 Å². The third-order valence-electron chi connectivity index (χ3n) is 9.63. The van der Waals surface area contributed by atoms with Gasteiger partial charge >= 0.3 is 11.7 Å². The lowest BCUT2D eigenvalue weighted by molar-refractivity contribution is -0.120. The molecule has 6 rings (SSSR count). The van der Waals surface area contributed by atoms with Gasteiger partial charge in [-0.3, -0.25) is 23.9 Å². The Morgan fingerprint density at radius 1 is 1.03 bits per heavy atom. The Morgan fingerprint density at radius 2 is 1.80 bits per heavy atom. The lowest BCUT2D eigenvalue weighted by Gasteiger charge is -2.19. The average molecular weight is 932 g/mol. The molecule has 2 aliphatic heterocycles. The Balaban J connectivity index is 1.01. The maximum Gasteiger partial charge on any atom is 0.336 e. The number of ether oxygens (including phenoxy) is 1. The number of carboxylic acids is 1. The monoisotopic (exact) mass is 931 g/mol. The molecule has 2 aromatic carbocycles. The number of amides is 2. The summed E-state index contributed by atoms with van der Waals surface area (Å²) >= 11 is 0. The van der Waals surface area contributed by atoms with Crippen LogP contribution < -0.4 is 36.7 Å². The summed E-state index contributed by atoms with van der Waals surface area (Å²) in [6, 6.07) is 16.2. The Hall–Kier alpha value is -4.15. The van der Waals surface area contributed by atoms with E-state index in [4.69, 9.17) is 18.6 Å². The van der Waals surface area contributed by atoms with E-state index in [1.54, 1.807) is 12.1 Å². The van der Waals surface area contributed by atoms with Gasteiger partial charge < -0.3 is 44.3 Å². The van der Waals surface area contributed by atoms with Crippen LogP contribution >= 0.6 is 46.5 Å². The van der Waals surface area contributed by atoms with E-state index < -0.39 is 41.7 Å². The molecule has 2 amide bonds. The maximum atomic E-state index is 13.2. The van der Waals surface area contributed by atoms with E-state index in [9.17, 15) is 34.2 Å². The molecule has 22 heteroatoms. The summed E-state index contributed by atoms with van der Waals surface area (Å²) in [7, 11) is 10.4. The smallest absolute Gasteiger partial charge is 0.336 e. The summed E-state index contributed by atoms with van der Waals surface area (Å²) in [5, 5.41) is 27.9. The number of carboxylic acid groups (broad SMARTS) is 1. The first-order chi connectivity index (χ1) is 29.2. The maximum absolute atomic E-state index is 13.2. The van der Waals surface area contributed by atoms with E-state index in [1.165, 1.54) is 33.9 Å². The topological polar surface area (TPSA) is 229 Å². The number of hydrogen-bond acceptors (Lipinski definition) is 13. The van der Waals surface area contributed by atoms with Gasteiger partial charge in [-0.1, -0.05) is 27.7 Å². The predicted molar refractivity (Wildman–Crippen MR) is 244 cm³/mol. The number of anilines is 1. The van der Waals surface area contributed by atoms with Crippen LogP contribution in [0.4, 0.5) is 5.69 Å². The second-order valence-electron chi connectivity index (χ2n) is 14.2. The fourth-order valence-corrected chi connectivity index (χ4v) is 10.5. The van der Waals surface area contributed by atoms with Gasteiger partial charge in [0.05, 0.1) is 17.2 Å². The molecule has 6 unspecified atom stereocenters. The van der Waals surface area contributed by atoms with Crippen LogP contribution in [-0.4, -0.2) is 101 Å². The summed E-state index contributed by atoms with van der Waals surface area (Å²) in [5.74, 6) is -0.367.